The highest BCUT2D eigenvalue weighted by atomic mass is 79.9. The van der Waals surface area contributed by atoms with Crippen molar-refractivity contribution in [2.75, 3.05) is 5.32 Å². The number of aromatic nitrogens is 2. The summed E-state index contributed by atoms with van der Waals surface area (Å²) in [7, 11) is 0. The predicted molar refractivity (Wildman–Crippen MR) is 127 cm³/mol. The Morgan fingerprint density at radius 1 is 1.26 bits per heavy atom. The second-order valence-electron chi connectivity index (χ2n) is 9.80. The monoisotopic (exact) mass is 548 g/mol. The van der Waals surface area contributed by atoms with Crippen molar-refractivity contribution in [3.63, 3.8) is 0 Å². The van der Waals surface area contributed by atoms with Crippen molar-refractivity contribution in [1.29, 1.82) is 0 Å². The Balaban J connectivity index is 1.58. The number of fused-ring (bicyclic) bond motifs is 1. The number of carbonyl (C=O) groups excluding carboxylic acids is 3. The molecule has 1 aliphatic carbocycles. The number of imide groups is 1. The third kappa shape index (κ3) is 5.29. The Kier molecular flexibility index (Phi) is 6.81. The number of amides is 3. The van der Waals surface area contributed by atoms with Crippen molar-refractivity contribution in [3.05, 3.63) is 52.3 Å². The van der Waals surface area contributed by atoms with Crippen LogP contribution in [0.4, 0.5) is 19.7 Å². The summed E-state index contributed by atoms with van der Waals surface area (Å²) in [4.78, 5) is 47.3. The number of anilines is 1. The van der Waals surface area contributed by atoms with Crippen LogP contribution in [-0.2, 0) is 9.47 Å². The zero-order valence-corrected chi connectivity index (χ0v) is 21.3. The van der Waals surface area contributed by atoms with Crippen LogP contribution in [0.15, 0.2) is 35.2 Å². The molecule has 1 aliphatic heterocycles. The lowest BCUT2D eigenvalue weighted by Crippen LogP contribution is -2.48. The highest BCUT2D eigenvalue weighted by Crippen LogP contribution is 2.44. The van der Waals surface area contributed by atoms with E-state index in [-0.39, 0.29) is 22.1 Å². The quantitative estimate of drug-likeness (QED) is 0.520. The first-order valence-corrected chi connectivity index (χ1v) is 12.0. The first-order chi connectivity index (χ1) is 16.4. The molecule has 3 heterocycles. The number of hydrogen-bond acceptors (Lipinski definition) is 7. The molecule has 9 nitrogen and oxygen atoms in total. The lowest BCUT2D eigenvalue weighted by molar-refractivity contribution is 0.0233. The third-order valence-electron chi connectivity index (χ3n) is 6.06. The number of ether oxygens (including phenoxy) is 2. The molecule has 35 heavy (non-hydrogen) atoms. The molecular formula is C24H26BrFN4O5. The van der Waals surface area contributed by atoms with E-state index < -0.39 is 41.7 Å². The molecule has 3 unspecified atom stereocenters. The molecule has 3 amide bonds. The standard InChI is InChI=1S/C24H26BrFN4O5/c1-12-9-13(10-18-19(12)34-22(32)30(18)23(33)35-24(2,3)4)14-7-8-27-11-17(14)29-21(31)16-6-5-15(26)20(25)28-16/h5-8,11-13,18-19H,9-10H2,1-4H3,(H,29,31)/t12?,13-,18?,19?/m1/s1. The van der Waals surface area contributed by atoms with E-state index in [4.69, 9.17) is 9.47 Å². The van der Waals surface area contributed by atoms with E-state index in [2.05, 4.69) is 31.2 Å². The topological polar surface area (TPSA) is 111 Å². The van der Waals surface area contributed by atoms with Gasteiger partial charge in [-0.05, 0) is 85.1 Å². The molecule has 0 aromatic carbocycles. The second kappa shape index (κ2) is 9.52. The van der Waals surface area contributed by atoms with Crippen LogP contribution in [0.25, 0.3) is 0 Å². The lowest BCUT2D eigenvalue weighted by Gasteiger charge is -2.37. The van der Waals surface area contributed by atoms with Gasteiger partial charge in [-0.3, -0.25) is 9.78 Å². The van der Waals surface area contributed by atoms with Crippen LogP contribution in [0.5, 0.6) is 0 Å². The molecule has 0 bridgehead atoms. The van der Waals surface area contributed by atoms with Crippen molar-refractivity contribution in [1.82, 2.24) is 14.9 Å². The average Bonchev–Trinajstić information content (AvgIpc) is 3.11. The third-order valence-corrected chi connectivity index (χ3v) is 6.61. The minimum absolute atomic E-state index is 0.0380. The van der Waals surface area contributed by atoms with E-state index in [0.29, 0.717) is 18.5 Å². The first-order valence-electron chi connectivity index (χ1n) is 11.2. The second-order valence-corrected chi connectivity index (χ2v) is 10.5. The van der Waals surface area contributed by atoms with Gasteiger partial charge in [0.25, 0.3) is 5.91 Å². The summed E-state index contributed by atoms with van der Waals surface area (Å²) in [5.41, 5.74) is 0.560. The molecule has 2 aliphatic rings. The molecule has 4 atom stereocenters. The summed E-state index contributed by atoms with van der Waals surface area (Å²) >= 11 is 2.99. The molecule has 4 rings (SSSR count). The van der Waals surface area contributed by atoms with Gasteiger partial charge in [-0.2, -0.15) is 0 Å². The van der Waals surface area contributed by atoms with Crippen LogP contribution in [0.1, 0.15) is 62.5 Å². The zero-order valence-electron chi connectivity index (χ0n) is 19.7. The van der Waals surface area contributed by atoms with Crippen LogP contribution in [0.3, 0.4) is 0 Å². The number of pyridine rings is 2. The highest BCUT2D eigenvalue weighted by Gasteiger charge is 2.52. The van der Waals surface area contributed by atoms with E-state index >= 15 is 0 Å². The molecule has 1 N–H and O–H groups in total. The summed E-state index contributed by atoms with van der Waals surface area (Å²) in [6.07, 6.45) is 2.38. The summed E-state index contributed by atoms with van der Waals surface area (Å²) in [5.74, 6) is -1.23. The molecule has 1 saturated heterocycles. The Morgan fingerprint density at radius 2 is 2.00 bits per heavy atom. The van der Waals surface area contributed by atoms with Crippen LogP contribution < -0.4 is 5.32 Å². The fourth-order valence-electron chi connectivity index (χ4n) is 4.61. The van der Waals surface area contributed by atoms with Crippen molar-refractivity contribution < 1.29 is 28.2 Å². The molecule has 0 radical (unpaired) electrons. The summed E-state index contributed by atoms with van der Waals surface area (Å²) in [6, 6.07) is 3.74. The number of halogens is 2. The normalized spacial score (nSPS) is 23.9. The smallest absolute Gasteiger partial charge is 0.420 e. The van der Waals surface area contributed by atoms with Gasteiger partial charge in [-0.1, -0.05) is 6.92 Å². The number of rotatable bonds is 3. The van der Waals surface area contributed by atoms with Gasteiger partial charge in [-0.15, -0.1) is 0 Å². The lowest BCUT2D eigenvalue weighted by atomic mass is 9.74. The first kappa shape index (κ1) is 25.0. The fraction of sp³-hybridized carbons (Fsp3) is 0.458. The fourth-order valence-corrected chi connectivity index (χ4v) is 4.93. The minimum Gasteiger partial charge on any atom is -0.443 e. The summed E-state index contributed by atoms with van der Waals surface area (Å²) in [5, 5.41) is 2.81. The Bertz CT molecular complexity index is 1170. The van der Waals surface area contributed by atoms with Crippen LogP contribution in [0, 0.1) is 11.7 Å². The van der Waals surface area contributed by atoms with E-state index in [0.717, 1.165) is 16.5 Å². The summed E-state index contributed by atoms with van der Waals surface area (Å²) < 4.78 is 24.5. The maximum atomic E-state index is 13.5. The number of hydrogen-bond donors (Lipinski definition) is 1. The summed E-state index contributed by atoms with van der Waals surface area (Å²) in [6.45, 7) is 7.17. The maximum Gasteiger partial charge on any atom is 0.420 e. The van der Waals surface area contributed by atoms with E-state index in [1.807, 2.05) is 6.92 Å². The Morgan fingerprint density at radius 3 is 2.69 bits per heavy atom. The molecule has 2 aromatic heterocycles. The van der Waals surface area contributed by atoms with Crippen molar-refractivity contribution in [2.45, 2.75) is 64.2 Å². The van der Waals surface area contributed by atoms with Crippen LogP contribution in [-0.4, -0.2) is 50.7 Å². The highest BCUT2D eigenvalue weighted by molar-refractivity contribution is 9.10. The van der Waals surface area contributed by atoms with Gasteiger partial charge >= 0.3 is 12.2 Å². The Labute approximate surface area is 210 Å². The average molecular weight is 549 g/mol. The zero-order chi connectivity index (χ0) is 25.5. The minimum atomic E-state index is -0.763. The van der Waals surface area contributed by atoms with E-state index in [1.165, 1.54) is 12.3 Å². The predicted octanol–water partition coefficient (Wildman–Crippen LogP) is 5.27. The molecule has 2 fully saturated rings. The Hall–Kier alpha value is -3.08. The molecule has 1 saturated carbocycles. The van der Waals surface area contributed by atoms with Gasteiger partial charge in [0.15, 0.2) is 5.82 Å². The van der Waals surface area contributed by atoms with Crippen LogP contribution in [0.2, 0.25) is 0 Å². The van der Waals surface area contributed by atoms with Gasteiger partial charge in [0.05, 0.1) is 17.9 Å². The largest absolute Gasteiger partial charge is 0.443 e. The molecule has 11 heteroatoms. The van der Waals surface area contributed by atoms with Crippen molar-refractivity contribution in [2.24, 2.45) is 5.92 Å². The van der Waals surface area contributed by atoms with Crippen molar-refractivity contribution >= 4 is 39.7 Å². The van der Waals surface area contributed by atoms with Gasteiger partial charge < -0.3 is 14.8 Å². The van der Waals surface area contributed by atoms with Gasteiger partial charge in [0.2, 0.25) is 0 Å². The molecular weight excluding hydrogens is 523 g/mol. The van der Waals surface area contributed by atoms with E-state index in [1.54, 1.807) is 33.0 Å². The molecule has 2 aromatic rings. The molecule has 186 valence electrons. The number of nitrogens with zero attached hydrogens (tertiary/aromatic N) is 3. The van der Waals surface area contributed by atoms with Gasteiger partial charge in [0.1, 0.15) is 22.0 Å². The van der Waals surface area contributed by atoms with Gasteiger partial charge in [-0.25, -0.2) is 23.9 Å². The number of carbonyl (C=O) groups is 3. The maximum absolute atomic E-state index is 13.5. The van der Waals surface area contributed by atoms with E-state index in [9.17, 15) is 18.8 Å². The SMILES string of the molecule is CC1C[C@@H](c2ccncc2NC(=O)c2ccc(F)c(Br)n2)CC2C1OC(=O)N2C(=O)OC(C)(C)C. The number of nitrogens with one attached hydrogen (secondary N) is 1. The van der Waals surface area contributed by atoms with Crippen molar-refractivity contribution in [3.8, 4) is 0 Å². The van der Waals surface area contributed by atoms with Gasteiger partial charge in [0, 0.05) is 6.20 Å². The molecule has 0 spiro atoms. The van der Waals surface area contributed by atoms with Crippen LogP contribution >= 0.6 is 15.9 Å².